The van der Waals surface area contributed by atoms with E-state index in [9.17, 15) is 14.4 Å². The van der Waals surface area contributed by atoms with Gasteiger partial charge in [-0.15, -0.1) is 0 Å². The van der Waals surface area contributed by atoms with Crippen molar-refractivity contribution in [3.8, 4) is 0 Å². The summed E-state index contributed by atoms with van der Waals surface area (Å²) in [4.78, 5) is 35.8. The SMILES string of the molecule is COC(=O)C1CN(C(=O)N[C@H](C(=O)O)C(C)C)CCO1. The van der Waals surface area contributed by atoms with E-state index in [1.807, 2.05) is 0 Å². The Balaban J connectivity index is 2.62. The van der Waals surface area contributed by atoms with Gasteiger partial charge in [0.05, 0.1) is 20.3 Å². The van der Waals surface area contributed by atoms with Crippen LogP contribution in [0.4, 0.5) is 4.79 Å². The summed E-state index contributed by atoms with van der Waals surface area (Å²) in [7, 11) is 1.24. The molecule has 8 nitrogen and oxygen atoms in total. The van der Waals surface area contributed by atoms with Crippen LogP contribution in [0.1, 0.15) is 13.8 Å². The molecule has 1 aliphatic heterocycles. The van der Waals surface area contributed by atoms with Gasteiger partial charge in [0.1, 0.15) is 6.04 Å². The molecular formula is C12H20N2O6. The summed E-state index contributed by atoms with van der Waals surface area (Å²) < 4.78 is 9.76. The van der Waals surface area contributed by atoms with Gasteiger partial charge in [-0.05, 0) is 5.92 Å². The highest BCUT2D eigenvalue weighted by Gasteiger charge is 2.32. The van der Waals surface area contributed by atoms with Gasteiger partial charge in [0.15, 0.2) is 6.10 Å². The number of urea groups is 1. The smallest absolute Gasteiger partial charge is 0.336 e. The second-order valence-electron chi connectivity index (χ2n) is 4.84. The van der Waals surface area contributed by atoms with Crippen molar-refractivity contribution in [2.45, 2.75) is 26.0 Å². The van der Waals surface area contributed by atoms with Crippen molar-refractivity contribution < 1.29 is 29.0 Å². The Morgan fingerprint density at radius 3 is 2.55 bits per heavy atom. The molecule has 0 bridgehead atoms. The number of carboxylic acid groups (broad SMARTS) is 1. The quantitative estimate of drug-likeness (QED) is 0.687. The van der Waals surface area contributed by atoms with Crippen LogP contribution < -0.4 is 5.32 Å². The number of hydrogen-bond donors (Lipinski definition) is 2. The molecule has 0 spiro atoms. The number of carbonyl (C=O) groups excluding carboxylic acids is 2. The Morgan fingerprint density at radius 2 is 2.05 bits per heavy atom. The van der Waals surface area contributed by atoms with Gasteiger partial charge >= 0.3 is 18.0 Å². The molecule has 0 aromatic carbocycles. The molecule has 1 fully saturated rings. The summed E-state index contributed by atoms with van der Waals surface area (Å²) in [5.74, 6) is -1.89. The van der Waals surface area contributed by atoms with Crippen LogP contribution in [0, 0.1) is 5.92 Å². The lowest BCUT2D eigenvalue weighted by atomic mass is 10.1. The van der Waals surface area contributed by atoms with Gasteiger partial charge in [0.2, 0.25) is 0 Å². The molecule has 2 atom stereocenters. The number of carbonyl (C=O) groups is 3. The Labute approximate surface area is 117 Å². The van der Waals surface area contributed by atoms with Crippen LogP contribution in [0.3, 0.4) is 0 Å². The van der Waals surface area contributed by atoms with E-state index in [0.29, 0.717) is 6.54 Å². The number of ether oxygens (including phenoxy) is 2. The van der Waals surface area contributed by atoms with E-state index in [4.69, 9.17) is 9.84 Å². The first-order chi connectivity index (χ1) is 9.36. The first-order valence-corrected chi connectivity index (χ1v) is 6.34. The number of nitrogens with zero attached hydrogens (tertiary/aromatic N) is 1. The van der Waals surface area contributed by atoms with Crippen LogP contribution in [0.25, 0.3) is 0 Å². The number of nitrogens with one attached hydrogen (secondary N) is 1. The van der Waals surface area contributed by atoms with Crippen molar-refractivity contribution in [1.82, 2.24) is 10.2 Å². The van der Waals surface area contributed by atoms with Crippen molar-refractivity contribution in [3.05, 3.63) is 0 Å². The van der Waals surface area contributed by atoms with Gasteiger partial charge in [-0.1, -0.05) is 13.8 Å². The van der Waals surface area contributed by atoms with Crippen molar-refractivity contribution in [3.63, 3.8) is 0 Å². The van der Waals surface area contributed by atoms with Crippen LogP contribution in [-0.2, 0) is 19.1 Å². The van der Waals surface area contributed by atoms with Gasteiger partial charge < -0.3 is 24.8 Å². The van der Waals surface area contributed by atoms with E-state index in [2.05, 4.69) is 10.1 Å². The molecule has 1 rings (SSSR count). The molecule has 0 radical (unpaired) electrons. The fraction of sp³-hybridized carbons (Fsp3) is 0.750. The highest BCUT2D eigenvalue weighted by Crippen LogP contribution is 2.09. The zero-order valence-corrected chi connectivity index (χ0v) is 11.8. The largest absolute Gasteiger partial charge is 0.480 e. The fourth-order valence-electron chi connectivity index (χ4n) is 1.85. The summed E-state index contributed by atoms with van der Waals surface area (Å²) in [6.45, 7) is 3.95. The number of esters is 1. The summed E-state index contributed by atoms with van der Waals surface area (Å²) in [6, 6.07) is -1.50. The third kappa shape index (κ3) is 4.09. The number of carboxylic acids is 1. The topological polar surface area (TPSA) is 105 Å². The summed E-state index contributed by atoms with van der Waals surface area (Å²) in [5.41, 5.74) is 0. The predicted molar refractivity (Wildman–Crippen MR) is 68.1 cm³/mol. The molecule has 0 aromatic rings. The first-order valence-electron chi connectivity index (χ1n) is 6.34. The minimum absolute atomic E-state index is 0.0446. The maximum absolute atomic E-state index is 12.0. The Morgan fingerprint density at radius 1 is 1.40 bits per heavy atom. The minimum atomic E-state index is -1.09. The van der Waals surface area contributed by atoms with Crippen LogP contribution in [-0.4, -0.2) is 66.9 Å². The van der Waals surface area contributed by atoms with E-state index >= 15 is 0 Å². The molecule has 0 saturated carbocycles. The third-order valence-electron chi connectivity index (χ3n) is 3.03. The second kappa shape index (κ2) is 7.09. The van der Waals surface area contributed by atoms with E-state index < -0.39 is 30.1 Å². The maximum atomic E-state index is 12.0. The lowest BCUT2D eigenvalue weighted by Gasteiger charge is -2.32. The average Bonchev–Trinajstić information content (AvgIpc) is 2.42. The summed E-state index contributed by atoms with van der Waals surface area (Å²) >= 11 is 0. The van der Waals surface area contributed by atoms with Gasteiger partial charge in [0, 0.05) is 6.54 Å². The van der Waals surface area contributed by atoms with Crippen LogP contribution in [0.2, 0.25) is 0 Å². The number of hydrogen-bond acceptors (Lipinski definition) is 5. The minimum Gasteiger partial charge on any atom is -0.480 e. The van der Waals surface area contributed by atoms with Crippen molar-refractivity contribution in [2.75, 3.05) is 26.8 Å². The molecule has 1 saturated heterocycles. The van der Waals surface area contributed by atoms with Crippen LogP contribution >= 0.6 is 0 Å². The highest BCUT2D eigenvalue weighted by atomic mass is 16.6. The molecule has 0 aromatic heterocycles. The second-order valence-corrected chi connectivity index (χ2v) is 4.84. The normalized spacial score (nSPS) is 20.4. The molecule has 1 aliphatic rings. The van der Waals surface area contributed by atoms with E-state index in [1.54, 1.807) is 13.8 Å². The van der Waals surface area contributed by atoms with E-state index in [0.717, 1.165) is 0 Å². The monoisotopic (exact) mass is 288 g/mol. The zero-order chi connectivity index (χ0) is 15.3. The van der Waals surface area contributed by atoms with Gasteiger partial charge in [-0.25, -0.2) is 14.4 Å². The number of aliphatic carboxylic acids is 1. The summed E-state index contributed by atoms with van der Waals surface area (Å²) in [5, 5.41) is 11.5. The van der Waals surface area contributed by atoms with Crippen molar-refractivity contribution in [1.29, 1.82) is 0 Å². The van der Waals surface area contributed by atoms with Crippen LogP contribution in [0.15, 0.2) is 0 Å². The lowest BCUT2D eigenvalue weighted by Crippen LogP contribution is -2.55. The zero-order valence-electron chi connectivity index (χ0n) is 11.8. The van der Waals surface area contributed by atoms with Gasteiger partial charge in [-0.2, -0.15) is 0 Å². The maximum Gasteiger partial charge on any atom is 0.336 e. The molecule has 1 unspecified atom stereocenters. The van der Waals surface area contributed by atoms with E-state index in [1.165, 1.54) is 12.0 Å². The highest BCUT2D eigenvalue weighted by molar-refractivity contribution is 5.83. The third-order valence-corrected chi connectivity index (χ3v) is 3.03. The molecule has 114 valence electrons. The Bertz CT molecular complexity index is 384. The summed E-state index contributed by atoms with van der Waals surface area (Å²) in [6.07, 6.45) is -0.832. The first kappa shape index (κ1) is 16.2. The van der Waals surface area contributed by atoms with E-state index in [-0.39, 0.29) is 19.1 Å². The number of rotatable bonds is 4. The average molecular weight is 288 g/mol. The number of morpholine rings is 1. The van der Waals surface area contributed by atoms with Crippen molar-refractivity contribution >= 4 is 18.0 Å². The van der Waals surface area contributed by atoms with Crippen LogP contribution in [0.5, 0.6) is 0 Å². The molecule has 20 heavy (non-hydrogen) atoms. The fourth-order valence-corrected chi connectivity index (χ4v) is 1.85. The molecule has 2 N–H and O–H groups in total. The number of amides is 2. The standard InChI is InChI=1S/C12H20N2O6/c1-7(2)9(10(15)16)13-12(18)14-4-5-20-8(6-14)11(17)19-3/h7-9H,4-6H2,1-3H3,(H,13,18)(H,15,16)/t8?,9-/m0/s1. The molecule has 8 heteroatoms. The molecule has 1 heterocycles. The lowest BCUT2D eigenvalue weighted by molar-refractivity contribution is -0.158. The molecular weight excluding hydrogens is 268 g/mol. The molecule has 0 aliphatic carbocycles. The van der Waals surface area contributed by atoms with Gasteiger partial charge in [-0.3, -0.25) is 0 Å². The molecule has 2 amide bonds. The Kier molecular flexibility index (Phi) is 5.75. The van der Waals surface area contributed by atoms with Crippen molar-refractivity contribution in [2.24, 2.45) is 5.92 Å². The number of methoxy groups -OCH3 is 1. The predicted octanol–water partition coefficient (Wildman–Crippen LogP) is -0.321. The Hall–Kier alpha value is -1.83. The van der Waals surface area contributed by atoms with Gasteiger partial charge in [0.25, 0.3) is 0 Å².